The molecule has 3 N–H and O–H groups in total. The van der Waals surface area contributed by atoms with Crippen LogP contribution in [0.25, 0.3) is 0 Å². The van der Waals surface area contributed by atoms with E-state index in [1.54, 1.807) is 24.3 Å². The van der Waals surface area contributed by atoms with E-state index in [0.29, 0.717) is 10.8 Å². The maximum Gasteiger partial charge on any atom is 0.344 e. The molecule has 144 valence electrons. The summed E-state index contributed by atoms with van der Waals surface area (Å²) in [5.41, 5.74) is 7.64. The van der Waals surface area contributed by atoms with Crippen LogP contribution in [0.3, 0.4) is 0 Å². The molecule has 0 spiro atoms. The molecule has 28 heavy (non-hydrogen) atoms. The number of rotatable bonds is 7. The zero-order valence-electron chi connectivity index (χ0n) is 15.1. The maximum atomic E-state index is 11.9. The first kappa shape index (κ1) is 19.4. The number of benzene rings is 2. The van der Waals surface area contributed by atoms with Gasteiger partial charge >= 0.3 is 5.97 Å². The molecule has 1 aromatic heterocycles. The van der Waals surface area contributed by atoms with Gasteiger partial charge in [0.1, 0.15) is 5.75 Å². The summed E-state index contributed by atoms with van der Waals surface area (Å²) in [6.07, 6.45) is 0. The van der Waals surface area contributed by atoms with Crippen molar-refractivity contribution in [2.45, 2.75) is 13.5 Å². The van der Waals surface area contributed by atoms with Crippen molar-refractivity contribution >= 4 is 35.2 Å². The highest BCUT2D eigenvalue weighted by molar-refractivity contribution is 6.32. The molecule has 0 aliphatic carbocycles. The molecule has 2 aromatic carbocycles. The van der Waals surface area contributed by atoms with Gasteiger partial charge in [0.15, 0.2) is 19.0 Å². The number of aromatic nitrogens is 3. The third-order valence-corrected chi connectivity index (χ3v) is 3.86. The van der Waals surface area contributed by atoms with Crippen molar-refractivity contribution in [2.75, 3.05) is 17.7 Å². The third kappa shape index (κ3) is 5.55. The number of carbonyl (C=O) groups is 1. The number of anilines is 3. The van der Waals surface area contributed by atoms with Gasteiger partial charge in [0.2, 0.25) is 11.9 Å². The second-order valence-electron chi connectivity index (χ2n) is 5.80. The number of para-hydroxylation sites is 1. The fourth-order valence-electron chi connectivity index (χ4n) is 2.21. The van der Waals surface area contributed by atoms with E-state index in [4.69, 9.17) is 26.8 Å². The predicted octanol–water partition coefficient (Wildman–Crippen LogP) is 3.28. The summed E-state index contributed by atoms with van der Waals surface area (Å²) in [5.74, 6) is 0.299. The normalized spacial score (nSPS) is 10.4. The summed E-state index contributed by atoms with van der Waals surface area (Å²) < 4.78 is 10.4. The molecule has 3 rings (SSSR count). The van der Waals surface area contributed by atoms with Gasteiger partial charge in [-0.15, -0.1) is 0 Å². The topological polar surface area (TPSA) is 112 Å². The molecule has 3 aromatic rings. The number of hydrogen-bond acceptors (Lipinski definition) is 8. The second-order valence-corrected chi connectivity index (χ2v) is 6.21. The molecule has 0 aliphatic rings. The minimum atomic E-state index is -0.591. The summed E-state index contributed by atoms with van der Waals surface area (Å²) in [5, 5.41) is 3.44. The zero-order chi connectivity index (χ0) is 19.9. The van der Waals surface area contributed by atoms with Crippen LogP contribution in [0.1, 0.15) is 11.4 Å². The fourth-order valence-corrected chi connectivity index (χ4v) is 2.40. The van der Waals surface area contributed by atoms with Crippen LogP contribution >= 0.6 is 11.6 Å². The minimum absolute atomic E-state index is 0.0166. The highest BCUT2D eigenvalue weighted by atomic mass is 35.5. The predicted molar refractivity (Wildman–Crippen MR) is 105 cm³/mol. The SMILES string of the molecule is Cc1ccc(Nc2nc(N)nc(COC(=O)COc3ccccc3Cl)n2)cc1. The van der Waals surface area contributed by atoms with Crippen molar-refractivity contribution < 1.29 is 14.3 Å². The van der Waals surface area contributed by atoms with Gasteiger partial charge in [-0.25, -0.2) is 4.79 Å². The third-order valence-electron chi connectivity index (χ3n) is 3.55. The summed E-state index contributed by atoms with van der Waals surface area (Å²) in [7, 11) is 0. The van der Waals surface area contributed by atoms with E-state index >= 15 is 0 Å². The number of halogens is 1. The Kier molecular flexibility index (Phi) is 6.23. The molecule has 0 fully saturated rings. The van der Waals surface area contributed by atoms with Crippen LogP contribution in [-0.2, 0) is 16.1 Å². The molecule has 0 bridgehead atoms. The lowest BCUT2D eigenvalue weighted by molar-refractivity contribution is -0.147. The van der Waals surface area contributed by atoms with Crippen LogP contribution < -0.4 is 15.8 Å². The molecule has 0 unspecified atom stereocenters. The van der Waals surface area contributed by atoms with Crippen LogP contribution in [-0.4, -0.2) is 27.5 Å². The van der Waals surface area contributed by atoms with Gasteiger partial charge < -0.3 is 20.5 Å². The van der Waals surface area contributed by atoms with Crippen molar-refractivity contribution in [2.24, 2.45) is 0 Å². The molecular weight excluding hydrogens is 382 g/mol. The zero-order valence-corrected chi connectivity index (χ0v) is 15.8. The van der Waals surface area contributed by atoms with Gasteiger partial charge in [-0.2, -0.15) is 15.0 Å². The average Bonchev–Trinajstić information content (AvgIpc) is 2.67. The largest absolute Gasteiger partial charge is 0.480 e. The fraction of sp³-hybridized carbons (Fsp3) is 0.158. The summed E-state index contributed by atoms with van der Waals surface area (Å²) >= 11 is 5.97. The van der Waals surface area contributed by atoms with Gasteiger partial charge in [0, 0.05) is 5.69 Å². The van der Waals surface area contributed by atoms with Crippen LogP contribution in [0.15, 0.2) is 48.5 Å². The van der Waals surface area contributed by atoms with E-state index in [9.17, 15) is 4.79 Å². The Morgan fingerprint density at radius 2 is 1.86 bits per heavy atom. The molecule has 0 saturated carbocycles. The lowest BCUT2D eigenvalue weighted by atomic mass is 10.2. The van der Waals surface area contributed by atoms with E-state index < -0.39 is 5.97 Å². The molecule has 1 heterocycles. The molecule has 0 amide bonds. The maximum absolute atomic E-state index is 11.9. The minimum Gasteiger partial charge on any atom is -0.480 e. The molecule has 9 heteroatoms. The standard InChI is InChI=1S/C19H18ClN5O3/c1-12-6-8-13(9-7-12)22-19-24-16(23-18(21)25-19)10-28-17(26)11-27-15-5-3-2-4-14(15)20/h2-9H,10-11H2,1H3,(H3,21,22,23,24,25). The Morgan fingerprint density at radius 3 is 2.61 bits per heavy atom. The first-order valence-electron chi connectivity index (χ1n) is 8.36. The number of carbonyl (C=O) groups excluding carboxylic acids is 1. The van der Waals surface area contributed by atoms with E-state index in [1.807, 2.05) is 31.2 Å². The van der Waals surface area contributed by atoms with Gasteiger partial charge in [0.25, 0.3) is 0 Å². The number of nitrogens with two attached hydrogens (primary N) is 1. The Labute approximate surface area is 166 Å². The van der Waals surface area contributed by atoms with Gasteiger partial charge in [0.05, 0.1) is 5.02 Å². The van der Waals surface area contributed by atoms with Crippen molar-refractivity contribution in [3.8, 4) is 5.75 Å². The van der Waals surface area contributed by atoms with Gasteiger partial charge in [-0.1, -0.05) is 41.4 Å². The lowest BCUT2D eigenvalue weighted by Crippen LogP contribution is -2.16. The van der Waals surface area contributed by atoms with E-state index in [1.165, 1.54) is 0 Å². The molecular formula is C19H18ClN5O3. The highest BCUT2D eigenvalue weighted by Crippen LogP contribution is 2.23. The Balaban J connectivity index is 1.56. The molecule has 0 aliphatic heterocycles. The quantitative estimate of drug-likeness (QED) is 0.582. The number of nitrogens with zero attached hydrogens (tertiary/aromatic N) is 3. The number of nitrogen functional groups attached to an aromatic ring is 1. The Morgan fingerprint density at radius 1 is 1.11 bits per heavy atom. The molecule has 0 atom stereocenters. The number of aryl methyl sites for hydroxylation is 1. The number of hydrogen-bond donors (Lipinski definition) is 2. The first-order chi connectivity index (χ1) is 13.5. The summed E-state index contributed by atoms with van der Waals surface area (Å²) in [6, 6.07) is 14.5. The van der Waals surface area contributed by atoms with E-state index in [-0.39, 0.29) is 30.9 Å². The molecule has 0 saturated heterocycles. The molecule has 0 radical (unpaired) electrons. The van der Waals surface area contributed by atoms with Gasteiger partial charge in [-0.3, -0.25) is 0 Å². The van der Waals surface area contributed by atoms with Crippen LogP contribution in [0.5, 0.6) is 5.75 Å². The number of ether oxygens (including phenoxy) is 2. The van der Waals surface area contributed by atoms with Crippen molar-refractivity contribution in [1.82, 2.24) is 15.0 Å². The van der Waals surface area contributed by atoms with Crippen LogP contribution in [0, 0.1) is 6.92 Å². The second kappa shape index (κ2) is 9.01. The summed E-state index contributed by atoms with van der Waals surface area (Å²) in [6.45, 7) is 1.53. The van der Waals surface area contributed by atoms with Gasteiger partial charge in [-0.05, 0) is 31.2 Å². The monoisotopic (exact) mass is 399 g/mol. The number of nitrogens with one attached hydrogen (secondary N) is 1. The van der Waals surface area contributed by atoms with E-state index in [2.05, 4.69) is 20.3 Å². The number of esters is 1. The van der Waals surface area contributed by atoms with Crippen LogP contribution in [0.4, 0.5) is 17.6 Å². The Hall–Kier alpha value is -3.39. The van der Waals surface area contributed by atoms with Crippen molar-refractivity contribution in [3.05, 3.63) is 64.9 Å². The molecule has 8 nitrogen and oxygen atoms in total. The smallest absolute Gasteiger partial charge is 0.344 e. The first-order valence-corrected chi connectivity index (χ1v) is 8.74. The Bertz CT molecular complexity index is 966. The van der Waals surface area contributed by atoms with Crippen molar-refractivity contribution in [3.63, 3.8) is 0 Å². The highest BCUT2D eigenvalue weighted by Gasteiger charge is 2.10. The summed E-state index contributed by atoms with van der Waals surface area (Å²) in [4.78, 5) is 24.1. The van der Waals surface area contributed by atoms with E-state index in [0.717, 1.165) is 11.3 Å². The van der Waals surface area contributed by atoms with Crippen molar-refractivity contribution in [1.29, 1.82) is 0 Å². The van der Waals surface area contributed by atoms with Crippen LogP contribution in [0.2, 0.25) is 5.02 Å². The average molecular weight is 400 g/mol. The lowest BCUT2D eigenvalue weighted by Gasteiger charge is -2.09.